The number of imide groups is 1. The molecule has 190 valence electrons. The number of nitrogens with two attached hydrogens (primary N) is 1. The summed E-state index contributed by atoms with van der Waals surface area (Å²) in [5.74, 6) is -2.60. The summed E-state index contributed by atoms with van der Waals surface area (Å²) in [6, 6.07) is 14.8. The topological polar surface area (TPSA) is 159 Å². The van der Waals surface area contributed by atoms with E-state index in [9.17, 15) is 24.0 Å². The standard InChI is InChI=1S/C26H31N5O5/c27-14-8-7-13-19(24(34)30-21-16-22(32)31-26(21)36)28-25(35)20(15-17-9-3-1-4-10-17)29-23(33)18-11-5-2-6-12-18/h1-6,9-12,19-21H,7-8,13-16,27H2,(H,28,35)(H,29,33)(H,30,34)(H,31,32,36). The predicted octanol–water partition coefficient (Wildman–Crippen LogP) is 0.173. The highest BCUT2D eigenvalue weighted by Crippen LogP contribution is 2.09. The lowest BCUT2D eigenvalue weighted by atomic mass is 10.0. The fraction of sp³-hybridized carbons (Fsp3) is 0.346. The van der Waals surface area contributed by atoms with Gasteiger partial charge in [0.05, 0.1) is 6.42 Å². The summed E-state index contributed by atoms with van der Waals surface area (Å²) < 4.78 is 0. The van der Waals surface area contributed by atoms with Gasteiger partial charge in [0, 0.05) is 12.0 Å². The molecule has 0 spiro atoms. The van der Waals surface area contributed by atoms with E-state index in [1.165, 1.54) is 0 Å². The number of hydrogen-bond acceptors (Lipinski definition) is 6. The Morgan fingerprint density at radius 2 is 1.56 bits per heavy atom. The molecule has 2 aromatic carbocycles. The molecule has 2 aromatic rings. The van der Waals surface area contributed by atoms with Crippen LogP contribution < -0.4 is 27.0 Å². The summed E-state index contributed by atoms with van der Waals surface area (Å²) in [5, 5.41) is 10.2. The molecule has 0 aliphatic carbocycles. The molecule has 36 heavy (non-hydrogen) atoms. The minimum absolute atomic E-state index is 0.155. The number of unbranched alkanes of at least 4 members (excludes halogenated alkanes) is 1. The lowest BCUT2D eigenvalue weighted by Gasteiger charge is -2.24. The Morgan fingerprint density at radius 3 is 2.17 bits per heavy atom. The fourth-order valence-electron chi connectivity index (χ4n) is 3.87. The van der Waals surface area contributed by atoms with E-state index in [0.29, 0.717) is 24.9 Å². The Balaban J connectivity index is 1.75. The summed E-state index contributed by atoms with van der Waals surface area (Å²) in [6.45, 7) is 0.422. The van der Waals surface area contributed by atoms with E-state index < -0.39 is 47.7 Å². The van der Waals surface area contributed by atoms with Crippen molar-refractivity contribution in [1.82, 2.24) is 21.3 Å². The zero-order valence-electron chi connectivity index (χ0n) is 19.9. The van der Waals surface area contributed by atoms with Crippen LogP contribution in [0, 0.1) is 0 Å². The van der Waals surface area contributed by atoms with Gasteiger partial charge in [0.15, 0.2) is 0 Å². The smallest absolute Gasteiger partial charge is 0.251 e. The Kier molecular flexibility index (Phi) is 9.70. The van der Waals surface area contributed by atoms with E-state index in [1.54, 1.807) is 30.3 Å². The van der Waals surface area contributed by atoms with Gasteiger partial charge in [-0.05, 0) is 43.5 Å². The molecule has 1 fully saturated rings. The van der Waals surface area contributed by atoms with Gasteiger partial charge < -0.3 is 21.7 Å². The van der Waals surface area contributed by atoms with Crippen LogP contribution in [0.25, 0.3) is 0 Å². The second-order valence-corrected chi connectivity index (χ2v) is 8.61. The molecule has 0 aromatic heterocycles. The first-order valence-corrected chi connectivity index (χ1v) is 11.9. The van der Waals surface area contributed by atoms with Crippen molar-refractivity contribution in [2.75, 3.05) is 6.54 Å². The number of nitrogens with one attached hydrogen (secondary N) is 4. The normalized spacial score (nSPS) is 16.5. The molecule has 1 aliphatic rings. The van der Waals surface area contributed by atoms with E-state index in [2.05, 4.69) is 21.3 Å². The number of hydrogen-bond donors (Lipinski definition) is 5. The van der Waals surface area contributed by atoms with Crippen LogP contribution in [-0.4, -0.2) is 54.2 Å². The highest BCUT2D eigenvalue weighted by atomic mass is 16.2. The lowest BCUT2D eigenvalue weighted by molar-refractivity contribution is -0.132. The summed E-state index contributed by atoms with van der Waals surface area (Å²) >= 11 is 0. The van der Waals surface area contributed by atoms with Crippen LogP contribution in [0.3, 0.4) is 0 Å². The first-order chi connectivity index (χ1) is 17.4. The first kappa shape index (κ1) is 26.6. The fourth-order valence-corrected chi connectivity index (χ4v) is 3.87. The third-order valence-corrected chi connectivity index (χ3v) is 5.81. The van der Waals surface area contributed by atoms with E-state index in [0.717, 1.165) is 5.56 Å². The zero-order chi connectivity index (χ0) is 25.9. The van der Waals surface area contributed by atoms with Gasteiger partial charge >= 0.3 is 0 Å². The van der Waals surface area contributed by atoms with E-state index in [-0.39, 0.29) is 19.3 Å². The molecule has 10 heteroatoms. The van der Waals surface area contributed by atoms with Crippen LogP contribution in [0.4, 0.5) is 0 Å². The Hall–Kier alpha value is -4.05. The van der Waals surface area contributed by atoms with Crippen molar-refractivity contribution in [2.45, 2.75) is 50.2 Å². The SMILES string of the molecule is NCCCCC(NC(=O)C(Cc1ccccc1)NC(=O)c1ccccc1)C(=O)NC1CC(=O)NC1=O. The van der Waals surface area contributed by atoms with Crippen molar-refractivity contribution in [1.29, 1.82) is 0 Å². The van der Waals surface area contributed by atoms with Crippen LogP contribution in [-0.2, 0) is 25.6 Å². The highest BCUT2D eigenvalue weighted by molar-refractivity contribution is 6.07. The summed E-state index contributed by atoms with van der Waals surface area (Å²) in [6.07, 6.45) is 1.53. The van der Waals surface area contributed by atoms with Gasteiger partial charge in [-0.3, -0.25) is 29.3 Å². The molecule has 0 saturated carbocycles. The minimum atomic E-state index is -0.989. The van der Waals surface area contributed by atoms with Gasteiger partial charge in [-0.15, -0.1) is 0 Å². The molecule has 1 aliphatic heterocycles. The summed E-state index contributed by atoms with van der Waals surface area (Å²) in [7, 11) is 0. The van der Waals surface area contributed by atoms with Crippen molar-refractivity contribution < 1.29 is 24.0 Å². The van der Waals surface area contributed by atoms with Gasteiger partial charge in [0.25, 0.3) is 5.91 Å². The van der Waals surface area contributed by atoms with Gasteiger partial charge in [0.1, 0.15) is 18.1 Å². The van der Waals surface area contributed by atoms with Crippen molar-refractivity contribution in [2.24, 2.45) is 5.73 Å². The number of benzene rings is 2. The van der Waals surface area contributed by atoms with Crippen LogP contribution in [0.1, 0.15) is 41.6 Å². The average Bonchev–Trinajstić information content (AvgIpc) is 3.20. The number of rotatable bonds is 12. The number of amides is 5. The third kappa shape index (κ3) is 7.74. The van der Waals surface area contributed by atoms with E-state index in [4.69, 9.17) is 5.73 Å². The van der Waals surface area contributed by atoms with E-state index in [1.807, 2.05) is 30.3 Å². The summed E-state index contributed by atoms with van der Waals surface area (Å²) in [5.41, 5.74) is 6.81. The minimum Gasteiger partial charge on any atom is -0.343 e. The Bertz CT molecular complexity index is 1080. The molecule has 10 nitrogen and oxygen atoms in total. The molecule has 0 radical (unpaired) electrons. The maximum Gasteiger partial charge on any atom is 0.251 e. The van der Waals surface area contributed by atoms with Crippen molar-refractivity contribution in [3.05, 3.63) is 71.8 Å². The van der Waals surface area contributed by atoms with Crippen molar-refractivity contribution in [3.63, 3.8) is 0 Å². The van der Waals surface area contributed by atoms with Crippen LogP contribution in [0.5, 0.6) is 0 Å². The van der Waals surface area contributed by atoms with Gasteiger partial charge in [0.2, 0.25) is 23.6 Å². The molecular formula is C26H31N5O5. The first-order valence-electron chi connectivity index (χ1n) is 11.9. The van der Waals surface area contributed by atoms with Crippen LogP contribution >= 0.6 is 0 Å². The molecule has 0 bridgehead atoms. The van der Waals surface area contributed by atoms with Crippen molar-refractivity contribution in [3.8, 4) is 0 Å². The quantitative estimate of drug-likeness (QED) is 0.209. The number of carbonyl (C=O) groups excluding carboxylic acids is 5. The van der Waals surface area contributed by atoms with E-state index >= 15 is 0 Å². The molecule has 1 heterocycles. The average molecular weight is 494 g/mol. The van der Waals surface area contributed by atoms with Crippen LogP contribution in [0.2, 0.25) is 0 Å². The van der Waals surface area contributed by atoms with Gasteiger partial charge in [-0.25, -0.2) is 0 Å². The maximum absolute atomic E-state index is 13.4. The largest absolute Gasteiger partial charge is 0.343 e. The second-order valence-electron chi connectivity index (χ2n) is 8.61. The number of carbonyl (C=O) groups is 5. The Morgan fingerprint density at radius 1 is 0.889 bits per heavy atom. The molecule has 3 atom stereocenters. The lowest BCUT2D eigenvalue weighted by Crippen LogP contribution is -2.56. The van der Waals surface area contributed by atoms with Gasteiger partial charge in [-0.1, -0.05) is 48.5 Å². The Labute approximate surface area is 209 Å². The summed E-state index contributed by atoms with van der Waals surface area (Å²) in [4.78, 5) is 62.5. The predicted molar refractivity (Wildman–Crippen MR) is 132 cm³/mol. The molecule has 1 saturated heterocycles. The monoisotopic (exact) mass is 493 g/mol. The molecule has 3 rings (SSSR count). The highest BCUT2D eigenvalue weighted by Gasteiger charge is 2.34. The third-order valence-electron chi connectivity index (χ3n) is 5.81. The van der Waals surface area contributed by atoms with Crippen molar-refractivity contribution >= 4 is 29.5 Å². The van der Waals surface area contributed by atoms with Gasteiger partial charge in [-0.2, -0.15) is 0 Å². The zero-order valence-corrected chi connectivity index (χ0v) is 19.9. The van der Waals surface area contributed by atoms with Crippen LogP contribution in [0.15, 0.2) is 60.7 Å². The molecular weight excluding hydrogens is 462 g/mol. The maximum atomic E-state index is 13.4. The molecule has 3 unspecified atom stereocenters. The molecule has 6 N–H and O–H groups in total. The second kappa shape index (κ2) is 13.1. The molecule has 5 amide bonds.